The van der Waals surface area contributed by atoms with E-state index < -0.39 is 0 Å². The molecule has 0 aliphatic heterocycles. The van der Waals surface area contributed by atoms with Crippen LogP contribution < -0.4 is 0 Å². The monoisotopic (exact) mass is 446 g/mol. The van der Waals surface area contributed by atoms with Crippen LogP contribution in [0.4, 0.5) is 0 Å². The Kier molecular flexibility index (Phi) is 3.11. The van der Waals surface area contributed by atoms with Crippen molar-refractivity contribution in [1.29, 1.82) is 0 Å². The fourth-order valence-corrected chi connectivity index (χ4v) is 6.39. The summed E-state index contributed by atoms with van der Waals surface area (Å²) < 4.78 is 2.24. The van der Waals surface area contributed by atoms with E-state index in [9.17, 15) is 0 Å². The molecule has 4 nitrogen and oxygen atoms in total. The molecule has 4 heteroatoms. The zero-order valence-corrected chi connectivity index (χ0v) is 18.8. The zero-order valence-electron chi connectivity index (χ0n) is 18.8. The minimum atomic E-state index is 0.893. The standard InChI is InChI=1S/C31H18N4/c1-2-5-21-17(4-1)10-18-13-25-19(12-24(18)21)11-20-14-28-27(15-26(20)25)34-31-30-23(6-3-8-33-30)22-7-9-32-16-29(22)35(28)31/h1-9,12-16H,10-11H2. The molecule has 0 saturated carbocycles. The normalized spacial score (nSPS) is 13.5. The third-order valence-electron chi connectivity index (χ3n) is 7.92. The van der Waals surface area contributed by atoms with E-state index in [4.69, 9.17) is 9.97 Å². The lowest BCUT2D eigenvalue weighted by molar-refractivity contribution is 1.23. The number of nitrogens with zero attached hydrogens (tertiary/aromatic N) is 4. The highest BCUT2D eigenvalue weighted by Gasteiger charge is 2.26. The van der Waals surface area contributed by atoms with E-state index >= 15 is 0 Å². The molecule has 0 bridgehead atoms. The first-order valence-corrected chi connectivity index (χ1v) is 12.0. The quantitative estimate of drug-likeness (QED) is 0.243. The maximum Gasteiger partial charge on any atom is 0.165 e. The fourth-order valence-electron chi connectivity index (χ4n) is 6.39. The first-order chi connectivity index (χ1) is 17.3. The van der Waals surface area contributed by atoms with Crippen LogP contribution >= 0.6 is 0 Å². The number of benzene rings is 3. The third kappa shape index (κ3) is 2.20. The summed E-state index contributed by atoms with van der Waals surface area (Å²) in [4.78, 5) is 14.3. The molecule has 0 fully saturated rings. The lowest BCUT2D eigenvalue weighted by Gasteiger charge is -2.08. The van der Waals surface area contributed by atoms with Gasteiger partial charge in [0.2, 0.25) is 0 Å². The van der Waals surface area contributed by atoms with Crippen molar-refractivity contribution in [3.8, 4) is 22.3 Å². The highest BCUT2D eigenvalue weighted by molar-refractivity contribution is 6.12. The molecule has 0 amide bonds. The predicted octanol–water partition coefficient (Wildman–Crippen LogP) is 6.73. The Bertz CT molecular complexity index is 2070. The molecule has 0 N–H and O–H groups in total. The molecule has 3 aromatic carbocycles. The summed E-state index contributed by atoms with van der Waals surface area (Å²) in [5, 5.41) is 2.26. The van der Waals surface area contributed by atoms with E-state index in [1.807, 2.05) is 24.7 Å². The number of aromatic nitrogens is 4. The maximum absolute atomic E-state index is 5.12. The van der Waals surface area contributed by atoms with Crippen LogP contribution in [0.2, 0.25) is 0 Å². The van der Waals surface area contributed by atoms with Gasteiger partial charge in [-0.15, -0.1) is 0 Å². The summed E-state index contributed by atoms with van der Waals surface area (Å²) in [6.45, 7) is 0. The van der Waals surface area contributed by atoms with Crippen LogP contribution in [0.1, 0.15) is 22.3 Å². The molecule has 35 heavy (non-hydrogen) atoms. The molecular weight excluding hydrogens is 428 g/mol. The number of fused-ring (bicyclic) bond motifs is 14. The van der Waals surface area contributed by atoms with E-state index in [0.717, 1.165) is 51.3 Å². The molecule has 4 aromatic heterocycles. The number of hydrogen-bond donors (Lipinski definition) is 0. The van der Waals surface area contributed by atoms with E-state index in [2.05, 4.69) is 70.0 Å². The Hall–Kier alpha value is -4.57. The van der Waals surface area contributed by atoms with Gasteiger partial charge in [0, 0.05) is 23.2 Å². The third-order valence-corrected chi connectivity index (χ3v) is 7.92. The van der Waals surface area contributed by atoms with Crippen molar-refractivity contribution in [3.05, 3.63) is 108 Å². The number of pyridine rings is 3. The van der Waals surface area contributed by atoms with Crippen LogP contribution in [0.5, 0.6) is 0 Å². The summed E-state index contributed by atoms with van der Waals surface area (Å²) in [7, 11) is 0. The minimum Gasteiger partial charge on any atom is -0.289 e. The van der Waals surface area contributed by atoms with Gasteiger partial charge in [-0.25, -0.2) is 4.98 Å². The highest BCUT2D eigenvalue weighted by Crippen LogP contribution is 2.46. The zero-order chi connectivity index (χ0) is 22.7. The fraction of sp³-hybridized carbons (Fsp3) is 0.0645. The molecule has 0 saturated heterocycles. The van der Waals surface area contributed by atoms with Gasteiger partial charge in [-0.1, -0.05) is 30.3 Å². The van der Waals surface area contributed by atoms with E-state index in [-0.39, 0.29) is 0 Å². The van der Waals surface area contributed by atoms with Gasteiger partial charge in [-0.05, 0) is 93.7 Å². The molecule has 0 unspecified atom stereocenters. The second-order valence-electron chi connectivity index (χ2n) is 9.74. The molecular formula is C31H18N4. The topological polar surface area (TPSA) is 43.1 Å². The molecule has 4 heterocycles. The van der Waals surface area contributed by atoms with Crippen LogP contribution in [0.15, 0.2) is 85.3 Å². The smallest absolute Gasteiger partial charge is 0.165 e. The van der Waals surface area contributed by atoms with E-state index in [1.54, 1.807) is 0 Å². The van der Waals surface area contributed by atoms with E-state index in [1.165, 1.54) is 44.5 Å². The summed E-state index contributed by atoms with van der Waals surface area (Å²) in [6.07, 6.45) is 7.61. The summed E-state index contributed by atoms with van der Waals surface area (Å²) in [5.41, 5.74) is 16.1. The van der Waals surface area contributed by atoms with Gasteiger partial charge in [0.1, 0.15) is 5.52 Å². The van der Waals surface area contributed by atoms with Crippen molar-refractivity contribution in [1.82, 2.24) is 19.4 Å². The Labute approximate surface area is 200 Å². The first kappa shape index (κ1) is 17.8. The van der Waals surface area contributed by atoms with Crippen LogP contribution in [-0.2, 0) is 12.8 Å². The lowest BCUT2D eigenvalue weighted by atomic mass is 9.98. The molecule has 2 aliphatic rings. The molecule has 0 radical (unpaired) electrons. The second kappa shape index (κ2) is 6.10. The number of rotatable bonds is 0. The molecule has 2 aliphatic carbocycles. The Morgan fingerprint density at radius 3 is 2.37 bits per heavy atom. The van der Waals surface area contributed by atoms with Gasteiger partial charge in [0.05, 0.1) is 22.7 Å². The van der Waals surface area contributed by atoms with Gasteiger partial charge < -0.3 is 0 Å². The lowest BCUT2D eigenvalue weighted by Crippen LogP contribution is -1.93. The van der Waals surface area contributed by atoms with Crippen LogP contribution in [0.25, 0.3) is 60.7 Å². The SMILES string of the molecule is c1ccc2c(c1)Cc1cc3c(cc1-2)Cc1cc2c(cc1-3)nc1c3ncccc3c3ccncc3n21. The van der Waals surface area contributed by atoms with Crippen LogP contribution in [0, 0.1) is 0 Å². The van der Waals surface area contributed by atoms with Crippen molar-refractivity contribution in [2.45, 2.75) is 12.8 Å². The van der Waals surface area contributed by atoms with Crippen LogP contribution in [-0.4, -0.2) is 19.4 Å². The minimum absolute atomic E-state index is 0.893. The summed E-state index contributed by atoms with van der Waals surface area (Å²) in [5.74, 6) is 0. The van der Waals surface area contributed by atoms with Crippen molar-refractivity contribution < 1.29 is 0 Å². The summed E-state index contributed by atoms with van der Waals surface area (Å²) >= 11 is 0. The Morgan fingerprint density at radius 2 is 1.43 bits per heavy atom. The molecule has 162 valence electrons. The molecule has 7 aromatic rings. The largest absolute Gasteiger partial charge is 0.289 e. The van der Waals surface area contributed by atoms with Gasteiger partial charge >= 0.3 is 0 Å². The highest BCUT2D eigenvalue weighted by atomic mass is 15.0. The first-order valence-electron chi connectivity index (χ1n) is 12.0. The second-order valence-corrected chi connectivity index (χ2v) is 9.74. The van der Waals surface area contributed by atoms with E-state index in [0.29, 0.717) is 0 Å². The van der Waals surface area contributed by atoms with Crippen LogP contribution in [0.3, 0.4) is 0 Å². The summed E-state index contributed by atoms with van der Waals surface area (Å²) in [6, 6.07) is 24.5. The molecule has 9 rings (SSSR count). The van der Waals surface area contributed by atoms with Gasteiger partial charge in [0.15, 0.2) is 5.65 Å². The Morgan fingerprint density at radius 1 is 0.629 bits per heavy atom. The van der Waals surface area contributed by atoms with Gasteiger partial charge in [-0.2, -0.15) is 0 Å². The average molecular weight is 447 g/mol. The number of hydrogen-bond acceptors (Lipinski definition) is 3. The Balaban J connectivity index is 1.33. The predicted molar refractivity (Wildman–Crippen MR) is 140 cm³/mol. The van der Waals surface area contributed by atoms with Crippen molar-refractivity contribution in [2.24, 2.45) is 0 Å². The van der Waals surface area contributed by atoms with Crippen molar-refractivity contribution in [3.63, 3.8) is 0 Å². The van der Waals surface area contributed by atoms with Crippen molar-refractivity contribution in [2.75, 3.05) is 0 Å². The maximum atomic E-state index is 5.12. The molecule has 0 atom stereocenters. The average Bonchev–Trinajstić information content (AvgIpc) is 3.57. The van der Waals surface area contributed by atoms with Gasteiger partial charge in [0.25, 0.3) is 0 Å². The number of imidazole rings is 1. The van der Waals surface area contributed by atoms with Crippen molar-refractivity contribution >= 4 is 38.5 Å². The molecule has 0 spiro atoms. The van der Waals surface area contributed by atoms with Gasteiger partial charge in [-0.3, -0.25) is 14.4 Å².